The Morgan fingerprint density at radius 1 is 1.00 bits per heavy atom. The first-order valence-corrected chi connectivity index (χ1v) is 22.5. The molecule has 4 aromatic rings. The molecule has 61 heavy (non-hydrogen) atoms. The Bertz CT molecular complexity index is 2540. The zero-order valence-electron chi connectivity index (χ0n) is 34.5. The fraction of sp³-hybridized carbons (Fsp3) is 0.465. The molecule has 0 bridgehead atoms. The van der Waals surface area contributed by atoms with Crippen LogP contribution in [0.2, 0.25) is 0 Å². The molecular weight excluding hydrogens is 806 g/mol. The summed E-state index contributed by atoms with van der Waals surface area (Å²) in [6, 6.07) is 11.5. The summed E-state index contributed by atoms with van der Waals surface area (Å²) in [6.45, 7) is 8.99. The number of imide groups is 2. The number of nitrogens with zero attached hydrogens (tertiary/aromatic N) is 6. The molecule has 0 radical (unpaired) electrons. The number of aromatic nitrogens is 3. The Morgan fingerprint density at radius 2 is 1.79 bits per heavy atom. The summed E-state index contributed by atoms with van der Waals surface area (Å²) in [7, 11) is -3.40. The minimum absolute atomic E-state index is 0.0175. The number of halogens is 1. The minimum Gasteiger partial charge on any atom is -0.390 e. The number of carbonyl (C=O) groups excluding carboxylic acids is 4. The quantitative estimate of drug-likeness (QED) is 0.109. The highest BCUT2D eigenvalue weighted by Crippen LogP contribution is 2.40. The number of anilines is 5. The molecular formula is C43H50FN9O7S. The molecule has 2 aromatic carbocycles. The normalized spacial score (nSPS) is 24.3. The average molecular weight is 856 g/mol. The van der Waals surface area contributed by atoms with Crippen molar-refractivity contribution < 1.29 is 37.1 Å². The molecule has 1 unspecified atom stereocenters. The third kappa shape index (κ3) is 8.34. The van der Waals surface area contributed by atoms with Gasteiger partial charge in [-0.2, -0.15) is 4.98 Å². The summed E-state index contributed by atoms with van der Waals surface area (Å²) in [4.78, 5) is 68.7. The molecule has 2 aromatic heterocycles. The third-order valence-corrected chi connectivity index (χ3v) is 14.2. The highest BCUT2D eigenvalue weighted by molar-refractivity contribution is 7.91. The molecule has 4 aliphatic heterocycles. The van der Waals surface area contributed by atoms with Crippen LogP contribution in [0.15, 0.2) is 54.9 Å². The van der Waals surface area contributed by atoms with Crippen LogP contribution in [0.4, 0.5) is 33.3 Å². The molecule has 4 N–H and O–H groups in total. The van der Waals surface area contributed by atoms with Gasteiger partial charge in [0.05, 0.1) is 35.3 Å². The van der Waals surface area contributed by atoms with E-state index in [4.69, 9.17) is 4.98 Å². The lowest BCUT2D eigenvalue weighted by Gasteiger charge is -2.48. The lowest BCUT2D eigenvalue weighted by atomic mass is 9.88. The summed E-state index contributed by atoms with van der Waals surface area (Å²) in [5, 5.41) is 20.7. The van der Waals surface area contributed by atoms with Crippen molar-refractivity contribution in [2.75, 3.05) is 58.1 Å². The predicted molar refractivity (Wildman–Crippen MR) is 229 cm³/mol. The second-order valence-electron chi connectivity index (χ2n) is 17.1. The van der Waals surface area contributed by atoms with Crippen LogP contribution >= 0.6 is 0 Å². The fourth-order valence-corrected chi connectivity index (χ4v) is 10.6. The van der Waals surface area contributed by atoms with Gasteiger partial charge in [0, 0.05) is 67.2 Å². The Labute approximate surface area is 353 Å². The van der Waals surface area contributed by atoms with E-state index in [2.05, 4.69) is 56.8 Å². The molecule has 3 saturated heterocycles. The van der Waals surface area contributed by atoms with E-state index >= 15 is 0 Å². The fourth-order valence-electron chi connectivity index (χ4n) is 8.79. The molecule has 16 nitrogen and oxygen atoms in total. The summed E-state index contributed by atoms with van der Waals surface area (Å²) in [5.41, 5.74) is 1.21. The van der Waals surface area contributed by atoms with E-state index in [1.54, 1.807) is 23.2 Å². The number of nitrogens with one attached hydrogen (secondary N) is 3. The van der Waals surface area contributed by atoms with Crippen molar-refractivity contribution in [2.45, 2.75) is 83.2 Å². The van der Waals surface area contributed by atoms with Crippen LogP contribution in [-0.4, -0.2) is 119 Å². The second-order valence-corrected chi connectivity index (χ2v) is 19.3. The van der Waals surface area contributed by atoms with Gasteiger partial charge < -0.3 is 25.5 Å². The monoisotopic (exact) mass is 855 g/mol. The van der Waals surface area contributed by atoms with E-state index in [1.807, 2.05) is 19.2 Å². The van der Waals surface area contributed by atoms with Crippen LogP contribution in [0, 0.1) is 5.92 Å². The van der Waals surface area contributed by atoms with E-state index < -0.39 is 51.3 Å². The van der Waals surface area contributed by atoms with Crippen molar-refractivity contribution in [3.05, 3.63) is 71.5 Å². The molecule has 8 rings (SSSR count). The third-order valence-electron chi connectivity index (χ3n) is 12.4. The lowest BCUT2D eigenvalue weighted by molar-refractivity contribution is -0.136. The van der Waals surface area contributed by atoms with E-state index in [1.165, 1.54) is 19.1 Å². The smallest absolute Gasteiger partial charge is 0.262 e. The minimum atomic E-state index is -3.40. The van der Waals surface area contributed by atoms with Crippen LogP contribution in [-0.2, 0) is 19.4 Å². The molecule has 4 aliphatic rings. The van der Waals surface area contributed by atoms with Gasteiger partial charge in [-0.25, -0.2) is 22.8 Å². The highest BCUT2D eigenvalue weighted by atomic mass is 32.2. The number of sulfone groups is 1. The largest absolute Gasteiger partial charge is 0.390 e. The molecule has 322 valence electrons. The first-order chi connectivity index (χ1) is 29.0. The van der Waals surface area contributed by atoms with E-state index in [0.717, 1.165) is 26.9 Å². The van der Waals surface area contributed by atoms with Crippen molar-refractivity contribution >= 4 is 73.2 Å². The van der Waals surface area contributed by atoms with Crippen molar-refractivity contribution in [1.82, 2.24) is 25.2 Å². The van der Waals surface area contributed by atoms with Gasteiger partial charge >= 0.3 is 0 Å². The summed E-state index contributed by atoms with van der Waals surface area (Å²) in [5.74, 6) is -0.695. The van der Waals surface area contributed by atoms with Gasteiger partial charge in [0.15, 0.2) is 15.5 Å². The topological polar surface area (TPSA) is 207 Å². The van der Waals surface area contributed by atoms with Gasteiger partial charge in [-0.3, -0.25) is 29.4 Å². The van der Waals surface area contributed by atoms with Gasteiger partial charge in [-0.05, 0) is 86.4 Å². The summed E-state index contributed by atoms with van der Waals surface area (Å²) >= 11 is 0. The van der Waals surface area contributed by atoms with Crippen LogP contribution in [0.5, 0.6) is 0 Å². The number of hydrogen-bond acceptors (Lipinski definition) is 14. The number of aliphatic hydroxyl groups is 1. The van der Waals surface area contributed by atoms with Gasteiger partial charge in [0.25, 0.3) is 11.8 Å². The predicted octanol–water partition coefficient (Wildman–Crippen LogP) is 4.33. The van der Waals surface area contributed by atoms with Crippen LogP contribution in [0.1, 0.15) is 85.6 Å². The van der Waals surface area contributed by atoms with Crippen LogP contribution < -0.4 is 25.8 Å². The highest BCUT2D eigenvalue weighted by Gasteiger charge is 2.45. The maximum absolute atomic E-state index is 14.9. The molecule has 4 amide bonds. The second kappa shape index (κ2) is 16.3. The van der Waals surface area contributed by atoms with Crippen LogP contribution in [0.3, 0.4) is 0 Å². The number of alkyl halides is 1. The van der Waals surface area contributed by atoms with E-state index in [0.29, 0.717) is 49.3 Å². The number of carbonyl (C=O) groups is 4. The molecule has 3 fully saturated rings. The summed E-state index contributed by atoms with van der Waals surface area (Å²) in [6.07, 6.45) is 3.11. The molecule has 18 heteroatoms. The van der Waals surface area contributed by atoms with Crippen molar-refractivity contribution in [3.8, 4) is 0 Å². The molecule has 0 aliphatic carbocycles. The number of piperidine rings is 2. The van der Waals surface area contributed by atoms with Crippen molar-refractivity contribution in [2.24, 2.45) is 5.92 Å². The summed E-state index contributed by atoms with van der Waals surface area (Å²) < 4.78 is 41.6. The zero-order valence-corrected chi connectivity index (χ0v) is 35.3. The number of aliphatic hydroxyl groups excluding tert-OH is 1. The molecule has 0 saturated carbocycles. The van der Waals surface area contributed by atoms with Gasteiger partial charge in [-0.15, -0.1) is 0 Å². The van der Waals surface area contributed by atoms with E-state index in [9.17, 15) is 37.1 Å². The lowest BCUT2D eigenvalue weighted by Crippen LogP contribution is -2.57. The Balaban J connectivity index is 0.869. The van der Waals surface area contributed by atoms with Gasteiger partial charge in [0.2, 0.25) is 17.8 Å². The number of pyridine rings is 1. The number of fused-ring (bicyclic) bond motifs is 2. The Morgan fingerprint density at radius 3 is 2.52 bits per heavy atom. The first-order valence-electron chi connectivity index (χ1n) is 20.7. The molecule has 6 heterocycles. The maximum atomic E-state index is 14.9. The zero-order chi connectivity index (χ0) is 43.4. The first kappa shape index (κ1) is 42.0. The number of amides is 4. The van der Waals surface area contributed by atoms with E-state index in [-0.39, 0.29) is 66.3 Å². The van der Waals surface area contributed by atoms with Gasteiger partial charge in [0.1, 0.15) is 17.7 Å². The number of hydrogen-bond donors (Lipinski definition) is 4. The number of benzene rings is 2. The standard InChI is InChI=1S/C43H50FN9O7S/c1-24(2)28-8-9-33(32-20-47-37(19-30(28)32)48-36-12-15-46-42(49-36)51-16-13-35(54)43(4,44)23-51)52-21-26(25(52)3)22-61(59,60)17-5-14-45-27-6-7-29-31(18-27)41(58)53(40(29)57)34-10-11-38(55)50-39(34)56/h6-9,12,15,18-20,24-26,34-35,45,54H,5,10-11,13-14,16-17,21-23H2,1-4H3,(H,50,55,56)(H,46,47,48,49)/t25-,26-,34?,35-,43+/m1/s1. The maximum Gasteiger partial charge on any atom is 0.262 e. The van der Waals surface area contributed by atoms with Crippen molar-refractivity contribution in [1.29, 1.82) is 0 Å². The van der Waals surface area contributed by atoms with Crippen molar-refractivity contribution in [3.63, 3.8) is 0 Å². The van der Waals surface area contributed by atoms with Crippen LogP contribution in [0.25, 0.3) is 10.8 Å². The Hall–Kier alpha value is -5.75. The SMILES string of the molecule is CC(C)c1ccc(N2C[C@H](CS(=O)(=O)CCCNc3ccc4c(c3)C(=O)N(C3CCC(=O)NC3=O)C4=O)[C@H]2C)c2cnc(Nc3ccnc(N4CC[C@@H](O)[C@@](C)(F)C4)n3)cc12. The molecule has 5 atom stereocenters. The molecule has 0 spiro atoms. The average Bonchev–Trinajstić information content (AvgIpc) is 3.46. The van der Waals surface area contributed by atoms with Gasteiger partial charge in [-0.1, -0.05) is 19.9 Å². The Kier molecular flexibility index (Phi) is 11.2. The number of rotatable bonds is 13.